The van der Waals surface area contributed by atoms with Crippen molar-refractivity contribution in [1.82, 2.24) is 4.90 Å². The van der Waals surface area contributed by atoms with E-state index in [0.717, 1.165) is 19.2 Å². The number of carbonyl (C=O) groups is 1. The Morgan fingerprint density at radius 2 is 1.91 bits per heavy atom. The van der Waals surface area contributed by atoms with Gasteiger partial charge >= 0.3 is 6.18 Å². The Kier molecular flexibility index (Phi) is 4.50. The minimum atomic E-state index is -4.65. The van der Waals surface area contributed by atoms with Gasteiger partial charge in [0.05, 0.1) is 11.1 Å². The Balaban J connectivity index is 2.33. The van der Waals surface area contributed by atoms with Crippen molar-refractivity contribution in [2.24, 2.45) is 5.73 Å². The average Bonchev–Trinajstić information content (AvgIpc) is 2.39. The van der Waals surface area contributed by atoms with Crippen LogP contribution < -0.4 is 16.2 Å². The third kappa shape index (κ3) is 3.62. The second-order valence-electron chi connectivity index (χ2n) is 5.42. The summed E-state index contributed by atoms with van der Waals surface area (Å²) in [6, 6.07) is 1.68. The van der Waals surface area contributed by atoms with E-state index in [9.17, 15) is 18.0 Å². The normalized spacial score (nSPS) is 17.5. The number of likely N-dealkylation sites (tertiary alicyclic amines) is 1. The summed E-state index contributed by atoms with van der Waals surface area (Å²) in [5.74, 6) is -1.36. The largest absolute Gasteiger partial charge is 0.490 e. The predicted octanol–water partition coefficient (Wildman–Crippen LogP) is 1.86. The zero-order valence-corrected chi connectivity index (χ0v) is 12.1. The minimum absolute atomic E-state index is 0.122. The molecule has 1 heterocycles. The van der Waals surface area contributed by atoms with Crippen molar-refractivity contribution in [2.75, 3.05) is 25.9 Å². The van der Waals surface area contributed by atoms with Crippen molar-refractivity contribution in [3.63, 3.8) is 0 Å². The van der Waals surface area contributed by atoms with Crippen molar-refractivity contribution in [2.45, 2.75) is 25.1 Å². The molecule has 0 saturated carbocycles. The number of primary amides is 1. The number of carbonyl (C=O) groups excluding carboxylic acids is 1. The van der Waals surface area contributed by atoms with Gasteiger partial charge in [-0.05, 0) is 26.0 Å². The van der Waals surface area contributed by atoms with Gasteiger partial charge in [0.2, 0.25) is 0 Å². The summed E-state index contributed by atoms with van der Waals surface area (Å²) >= 11 is 0. The minimum Gasteiger partial charge on any atom is -0.490 e. The molecule has 1 amide bonds. The lowest BCUT2D eigenvalue weighted by atomic mass is 10.0. The Labute approximate surface area is 126 Å². The summed E-state index contributed by atoms with van der Waals surface area (Å²) in [4.78, 5) is 13.2. The molecular formula is C14H18F3N3O2. The molecule has 0 atom stereocenters. The highest BCUT2D eigenvalue weighted by atomic mass is 19.4. The van der Waals surface area contributed by atoms with Crippen LogP contribution in [0.15, 0.2) is 12.1 Å². The molecule has 1 fully saturated rings. The second-order valence-corrected chi connectivity index (χ2v) is 5.42. The Morgan fingerprint density at radius 1 is 1.32 bits per heavy atom. The molecule has 1 aromatic carbocycles. The number of hydrogen-bond donors (Lipinski definition) is 2. The van der Waals surface area contributed by atoms with Crippen LogP contribution in [0.3, 0.4) is 0 Å². The zero-order chi connectivity index (χ0) is 16.5. The molecular weight excluding hydrogens is 299 g/mol. The number of benzene rings is 1. The first-order valence-electron chi connectivity index (χ1n) is 6.84. The summed E-state index contributed by atoms with van der Waals surface area (Å²) in [7, 11) is 1.94. The van der Waals surface area contributed by atoms with E-state index < -0.39 is 17.6 Å². The van der Waals surface area contributed by atoms with E-state index in [2.05, 4.69) is 4.90 Å². The van der Waals surface area contributed by atoms with E-state index in [1.807, 2.05) is 7.05 Å². The van der Waals surface area contributed by atoms with Gasteiger partial charge in [0, 0.05) is 24.8 Å². The molecule has 1 aliphatic rings. The molecule has 4 N–H and O–H groups in total. The number of ether oxygens (including phenoxy) is 1. The van der Waals surface area contributed by atoms with E-state index in [1.165, 1.54) is 0 Å². The summed E-state index contributed by atoms with van der Waals surface area (Å²) < 4.78 is 45.0. The molecule has 0 aliphatic carbocycles. The van der Waals surface area contributed by atoms with Crippen LogP contribution in [-0.2, 0) is 6.18 Å². The topological polar surface area (TPSA) is 81.6 Å². The van der Waals surface area contributed by atoms with E-state index in [4.69, 9.17) is 16.2 Å². The molecule has 2 rings (SSSR count). The Morgan fingerprint density at radius 3 is 2.41 bits per heavy atom. The number of nitrogens with zero attached hydrogens (tertiary/aromatic N) is 1. The number of anilines is 1. The van der Waals surface area contributed by atoms with E-state index >= 15 is 0 Å². The Bertz CT molecular complexity index is 567. The van der Waals surface area contributed by atoms with Crippen molar-refractivity contribution in [3.05, 3.63) is 23.3 Å². The molecule has 0 bridgehead atoms. The van der Waals surface area contributed by atoms with Gasteiger partial charge in [-0.15, -0.1) is 0 Å². The van der Waals surface area contributed by atoms with Gasteiger partial charge in [-0.25, -0.2) is 0 Å². The Hall–Kier alpha value is -1.96. The fraction of sp³-hybridized carbons (Fsp3) is 0.500. The van der Waals surface area contributed by atoms with E-state index in [1.54, 1.807) is 0 Å². The number of halogens is 3. The SMILES string of the molecule is CN1CCC(Oc2cc(N)c(C(N)=O)cc2C(F)(F)F)CC1. The van der Waals surface area contributed by atoms with Crippen LogP contribution in [0.1, 0.15) is 28.8 Å². The zero-order valence-electron chi connectivity index (χ0n) is 12.1. The maximum atomic E-state index is 13.2. The molecule has 0 spiro atoms. The highest BCUT2D eigenvalue weighted by Gasteiger charge is 2.36. The molecule has 22 heavy (non-hydrogen) atoms. The molecule has 1 saturated heterocycles. The number of rotatable bonds is 3. The number of amides is 1. The fourth-order valence-electron chi connectivity index (χ4n) is 2.41. The molecule has 8 heteroatoms. The molecule has 1 aromatic rings. The van der Waals surface area contributed by atoms with Crippen LogP contribution in [0.25, 0.3) is 0 Å². The lowest BCUT2D eigenvalue weighted by Crippen LogP contribution is -2.36. The van der Waals surface area contributed by atoms with Crippen molar-refractivity contribution in [3.8, 4) is 5.75 Å². The first-order valence-corrected chi connectivity index (χ1v) is 6.84. The third-order valence-electron chi connectivity index (χ3n) is 3.68. The van der Waals surface area contributed by atoms with E-state index in [-0.39, 0.29) is 23.1 Å². The van der Waals surface area contributed by atoms with Crippen LogP contribution in [0.4, 0.5) is 18.9 Å². The van der Waals surface area contributed by atoms with Crippen molar-refractivity contribution in [1.29, 1.82) is 0 Å². The van der Waals surface area contributed by atoms with Gasteiger partial charge in [-0.2, -0.15) is 13.2 Å². The van der Waals surface area contributed by atoms with Crippen molar-refractivity contribution < 1.29 is 22.7 Å². The lowest BCUT2D eigenvalue weighted by molar-refractivity contribution is -0.139. The molecule has 1 aliphatic heterocycles. The maximum absolute atomic E-state index is 13.2. The first kappa shape index (κ1) is 16.4. The van der Waals surface area contributed by atoms with Gasteiger partial charge in [0.25, 0.3) is 5.91 Å². The van der Waals surface area contributed by atoms with Crippen LogP contribution in [0.2, 0.25) is 0 Å². The number of nitrogens with two attached hydrogens (primary N) is 2. The van der Waals surface area contributed by atoms with Gasteiger partial charge in [0.1, 0.15) is 11.9 Å². The van der Waals surface area contributed by atoms with Gasteiger partial charge < -0.3 is 21.1 Å². The highest BCUT2D eigenvalue weighted by molar-refractivity contribution is 5.98. The molecule has 0 unspecified atom stereocenters. The summed E-state index contributed by atoms with van der Waals surface area (Å²) in [6.45, 7) is 1.50. The summed E-state index contributed by atoms with van der Waals surface area (Å²) in [6.07, 6.45) is -3.70. The summed E-state index contributed by atoms with van der Waals surface area (Å²) in [5.41, 5.74) is 9.14. The highest BCUT2D eigenvalue weighted by Crippen LogP contribution is 2.39. The van der Waals surface area contributed by atoms with Crippen LogP contribution >= 0.6 is 0 Å². The molecule has 5 nitrogen and oxygen atoms in total. The molecule has 0 radical (unpaired) electrons. The van der Waals surface area contributed by atoms with Gasteiger partial charge in [-0.1, -0.05) is 0 Å². The average molecular weight is 317 g/mol. The number of nitrogen functional groups attached to an aromatic ring is 1. The molecule has 122 valence electrons. The van der Waals surface area contributed by atoms with E-state index in [0.29, 0.717) is 18.9 Å². The third-order valence-corrected chi connectivity index (χ3v) is 3.68. The molecule has 0 aromatic heterocycles. The van der Waals surface area contributed by atoms with Crippen molar-refractivity contribution >= 4 is 11.6 Å². The number of alkyl halides is 3. The standard InChI is InChI=1S/C14H18F3N3O2/c1-20-4-2-8(3-5-20)22-12-7-11(18)9(13(19)21)6-10(12)14(15,16)17/h6-8H,2-5,18H2,1H3,(H2,19,21). The first-order chi connectivity index (χ1) is 10.2. The van der Waals surface area contributed by atoms with Gasteiger partial charge in [-0.3, -0.25) is 4.79 Å². The van der Waals surface area contributed by atoms with Crippen LogP contribution in [-0.4, -0.2) is 37.0 Å². The number of piperidine rings is 1. The summed E-state index contributed by atoms with van der Waals surface area (Å²) in [5, 5.41) is 0. The number of hydrogen-bond acceptors (Lipinski definition) is 4. The second kappa shape index (κ2) is 6.04. The fourth-order valence-corrected chi connectivity index (χ4v) is 2.41. The smallest absolute Gasteiger partial charge is 0.419 e. The monoisotopic (exact) mass is 317 g/mol. The quantitative estimate of drug-likeness (QED) is 0.834. The maximum Gasteiger partial charge on any atom is 0.419 e. The predicted molar refractivity (Wildman–Crippen MR) is 75.5 cm³/mol. The van der Waals surface area contributed by atoms with Crippen LogP contribution in [0, 0.1) is 0 Å². The van der Waals surface area contributed by atoms with Crippen LogP contribution in [0.5, 0.6) is 5.75 Å². The van der Waals surface area contributed by atoms with Gasteiger partial charge in [0.15, 0.2) is 0 Å². The lowest BCUT2D eigenvalue weighted by Gasteiger charge is -2.30.